The van der Waals surface area contributed by atoms with E-state index in [2.05, 4.69) is 225 Å². The average molecular weight is 898 g/mol. The van der Waals surface area contributed by atoms with E-state index < -0.39 is 0 Å². The predicted molar refractivity (Wildman–Crippen MR) is 275 cm³/mol. The molecule has 0 fully saturated rings. The van der Waals surface area contributed by atoms with Crippen LogP contribution in [0.3, 0.4) is 0 Å². The Hall–Kier alpha value is -8.12. The van der Waals surface area contributed by atoms with Crippen molar-refractivity contribution in [3.8, 4) is 33.6 Å². The van der Waals surface area contributed by atoms with Crippen molar-refractivity contribution in [1.82, 2.24) is 9.13 Å². The Balaban J connectivity index is 0.000000130. The SMILES string of the molecule is Brc1ccc2c(c1)c1ccccc1n2-c1cccc(-c2cccc3c2oc2ccccc23)c1.c1cc(-c2cccc3c2oc2ccccc23)cc(-n2c3ccccc3c3ccccc32)c1. The van der Waals surface area contributed by atoms with Gasteiger partial charge >= 0.3 is 0 Å². The van der Waals surface area contributed by atoms with E-state index in [-0.39, 0.29) is 0 Å². The van der Waals surface area contributed by atoms with Gasteiger partial charge in [0.05, 0.1) is 22.1 Å². The minimum Gasteiger partial charge on any atom is -0.455 e. The van der Waals surface area contributed by atoms with E-state index in [0.717, 1.165) is 82.0 Å². The van der Waals surface area contributed by atoms with Crippen molar-refractivity contribution in [2.75, 3.05) is 0 Å². The van der Waals surface area contributed by atoms with E-state index in [9.17, 15) is 0 Å². The van der Waals surface area contributed by atoms with Crippen LogP contribution in [0.25, 0.3) is 121 Å². The van der Waals surface area contributed by atoms with Crippen molar-refractivity contribution in [1.29, 1.82) is 0 Å². The van der Waals surface area contributed by atoms with Gasteiger partial charge in [0.15, 0.2) is 0 Å². The van der Waals surface area contributed by atoms with Gasteiger partial charge in [-0.25, -0.2) is 0 Å². The lowest BCUT2D eigenvalue weighted by atomic mass is 10.0. The zero-order chi connectivity index (χ0) is 43.0. The lowest BCUT2D eigenvalue weighted by Gasteiger charge is -2.10. The molecule has 0 saturated carbocycles. The van der Waals surface area contributed by atoms with Gasteiger partial charge in [0.25, 0.3) is 0 Å². The first-order valence-electron chi connectivity index (χ1n) is 21.9. The van der Waals surface area contributed by atoms with Gasteiger partial charge in [-0.05, 0) is 83.9 Å². The Bertz CT molecular complexity index is 4110. The maximum Gasteiger partial charge on any atom is 0.143 e. The molecule has 4 heterocycles. The van der Waals surface area contributed by atoms with Crippen LogP contribution in [0.5, 0.6) is 0 Å². The van der Waals surface area contributed by atoms with E-state index in [4.69, 9.17) is 8.83 Å². The van der Waals surface area contributed by atoms with Crippen molar-refractivity contribution in [3.05, 3.63) is 229 Å². The number of furan rings is 2. The van der Waals surface area contributed by atoms with E-state index in [1.165, 1.54) is 43.6 Å². The second-order valence-corrected chi connectivity index (χ2v) is 17.5. The number of para-hydroxylation sites is 7. The standard InChI is InChI=1S/C30H18BrNO.C30H19NO/c31-20-15-16-28-26(18-20)23-9-1-3-13-27(23)32(28)21-8-5-7-19(17-21)22-11-6-12-25-24-10-2-4-14-29(24)33-30(22)25;1-4-16-27-23(11-1)24-12-2-5-17-28(24)31(27)21-10-7-9-20(19-21)22-14-8-15-26-25-13-3-6-18-29(25)32-30(22)26/h1-18H;1-19H. The van der Waals surface area contributed by atoms with Crippen LogP contribution in [0.2, 0.25) is 0 Å². The lowest BCUT2D eigenvalue weighted by Crippen LogP contribution is -1.94. The highest BCUT2D eigenvalue weighted by atomic mass is 79.9. The third-order valence-corrected chi connectivity index (χ3v) is 13.3. The Morgan fingerprint density at radius 3 is 1.17 bits per heavy atom. The maximum absolute atomic E-state index is 6.31. The highest BCUT2D eigenvalue weighted by Crippen LogP contribution is 2.40. The largest absolute Gasteiger partial charge is 0.455 e. The summed E-state index contributed by atoms with van der Waals surface area (Å²) in [5, 5.41) is 9.64. The topological polar surface area (TPSA) is 36.1 Å². The molecule has 0 aliphatic rings. The first-order valence-corrected chi connectivity index (χ1v) is 22.6. The number of aromatic nitrogens is 2. The quantitative estimate of drug-likeness (QED) is 0.176. The van der Waals surface area contributed by atoms with E-state index in [0.29, 0.717) is 0 Å². The predicted octanol–water partition coefficient (Wildman–Crippen LogP) is 17.5. The normalized spacial score (nSPS) is 11.8. The van der Waals surface area contributed by atoms with Gasteiger partial charge in [-0.15, -0.1) is 0 Å². The van der Waals surface area contributed by atoms with E-state index in [1.54, 1.807) is 0 Å². The van der Waals surface area contributed by atoms with Gasteiger partial charge in [-0.1, -0.05) is 168 Å². The lowest BCUT2D eigenvalue weighted by molar-refractivity contribution is 0.669. The zero-order valence-electron chi connectivity index (χ0n) is 35.0. The van der Waals surface area contributed by atoms with Gasteiger partial charge in [0, 0.05) is 70.1 Å². The van der Waals surface area contributed by atoms with Crippen molar-refractivity contribution in [3.63, 3.8) is 0 Å². The Labute approximate surface area is 381 Å². The Morgan fingerprint density at radius 1 is 0.292 bits per heavy atom. The monoisotopic (exact) mass is 896 g/mol. The van der Waals surface area contributed by atoms with Gasteiger partial charge in [-0.2, -0.15) is 0 Å². The molecule has 0 unspecified atom stereocenters. The molecular formula is C60H37BrN2O2. The first kappa shape index (κ1) is 37.4. The van der Waals surface area contributed by atoms with Crippen LogP contribution in [0.1, 0.15) is 0 Å². The summed E-state index contributed by atoms with van der Waals surface area (Å²) >= 11 is 3.64. The highest BCUT2D eigenvalue weighted by Gasteiger charge is 2.17. The summed E-state index contributed by atoms with van der Waals surface area (Å²) in [6.07, 6.45) is 0. The molecule has 306 valence electrons. The molecule has 0 radical (unpaired) electrons. The van der Waals surface area contributed by atoms with Gasteiger partial charge < -0.3 is 18.0 Å². The molecule has 4 aromatic heterocycles. The molecule has 0 aliphatic heterocycles. The summed E-state index contributed by atoms with van der Waals surface area (Å²) in [5.41, 5.74) is 15.3. The average Bonchev–Trinajstić information content (AvgIpc) is 4.12. The number of hydrogen-bond acceptors (Lipinski definition) is 2. The number of fused-ring (bicyclic) bond motifs is 12. The van der Waals surface area contributed by atoms with Gasteiger partial charge in [-0.3, -0.25) is 0 Å². The number of hydrogen-bond donors (Lipinski definition) is 0. The molecule has 0 bridgehead atoms. The fraction of sp³-hybridized carbons (Fsp3) is 0. The molecule has 14 aromatic rings. The molecule has 0 saturated heterocycles. The first-order chi connectivity index (χ1) is 32.2. The van der Waals surface area contributed by atoms with Crippen LogP contribution in [0, 0.1) is 0 Å². The molecule has 0 amide bonds. The Kier molecular flexibility index (Phi) is 8.65. The fourth-order valence-corrected chi connectivity index (χ4v) is 10.4. The van der Waals surface area contributed by atoms with E-state index >= 15 is 0 Å². The molecule has 14 rings (SSSR count). The zero-order valence-corrected chi connectivity index (χ0v) is 36.5. The van der Waals surface area contributed by atoms with Crippen LogP contribution in [0.15, 0.2) is 238 Å². The molecule has 0 atom stereocenters. The number of rotatable bonds is 4. The minimum absolute atomic E-state index is 0.920. The second kappa shape index (κ2) is 15.0. The molecule has 0 aliphatic carbocycles. The summed E-state index contributed by atoms with van der Waals surface area (Å²) in [7, 11) is 0. The fourth-order valence-electron chi connectivity index (χ4n) is 10.00. The summed E-state index contributed by atoms with van der Waals surface area (Å²) in [6, 6.07) is 79.1. The van der Waals surface area contributed by atoms with Gasteiger partial charge in [0.1, 0.15) is 22.3 Å². The number of benzene rings is 10. The van der Waals surface area contributed by atoms with Crippen LogP contribution >= 0.6 is 15.9 Å². The number of nitrogens with zero attached hydrogens (tertiary/aromatic N) is 2. The highest BCUT2D eigenvalue weighted by molar-refractivity contribution is 9.10. The summed E-state index contributed by atoms with van der Waals surface area (Å²) in [6.45, 7) is 0. The summed E-state index contributed by atoms with van der Waals surface area (Å²) < 4.78 is 18.4. The third kappa shape index (κ3) is 6.04. The van der Waals surface area contributed by atoms with Crippen molar-refractivity contribution in [2.24, 2.45) is 0 Å². The van der Waals surface area contributed by atoms with Crippen molar-refractivity contribution >= 4 is 103 Å². The van der Waals surface area contributed by atoms with Gasteiger partial charge in [0.2, 0.25) is 0 Å². The van der Waals surface area contributed by atoms with Crippen LogP contribution < -0.4 is 0 Å². The van der Waals surface area contributed by atoms with Crippen LogP contribution in [-0.2, 0) is 0 Å². The molecule has 65 heavy (non-hydrogen) atoms. The maximum atomic E-state index is 6.31. The van der Waals surface area contributed by atoms with Crippen LogP contribution in [-0.4, -0.2) is 9.13 Å². The summed E-state index contributed by atoms with van der Waals surface area (Å²) in [5.74, 6) is 0. The van der Waals surface area contributed by atoms with Crippen molar-refractivity contribution in [2.45, 2.75) is 0 Å². The summed E-state index contributed by atoms with van der Waals surface area (Å²) in [4.78, 5) is 0. The number of halogens is 1. The molecule has 10 aromatic carbocycles. The molecular weight excluding hydrogens is 861 g/mol. The Morgan fingerprint density at radius 2 is 0.677 bits per heavy atom. The molecule has 5 heteroatoms. The van der Waals surface area contributed by atoms with Crippen LogP contribution in [0.4, 0.5) is 0 Å². The van der Waals surface area contributed by atoms with E-state index in [1.807, 2.05) is 24.3 Å². The molecule has 0 spiro atoms. The molecule has 4 nitrogen and oxygen atoms in total. The van der Waals surface area contributed by atoms with Crippen molar-refractivity contribution < 1.29 is 8.83 Å². The smallest absolute Gasteiger partial charge is 0.143 e. The third-order valence-electron chi connectivity index (χ3n) is 12.9. The minimum atomic E-state index is 0.920. The molecule has 0 N–H and O–H groups in total. The second-order valence-electron chi connectivity index (χ2n) is 16.5.